The molecule has 29 heavy (non-hydrogen) atoms. The number of amides is 1. The fourth-order valence-electron chi connectivity index (χ4n) is 3.07. The molecule has 2 N–H and O–H groups in total. The van der Waals surface area contributed by atoms with E-state index in [0.29, 0.717) is 32.0 Å². The first kappa shape index (κ1) is 22.6. The van der Waals surface area contributed by atoms with Crippen molar-refractivity contribution in [3.63, 3.8) is 0 Å². The van der Waals surface area contributed by atoms with E-state index in [-0.39, 0.29) is 41.6 Å². The van der Waals surface area contributed by atoms with Gasteiger partial charge in [-0.2, -0.15) is 0 Å². The summed E-state index contributed by atoms with van der Waals surface area (Å²) < 4.78 is 0. The van der Waals surface area contributed by atoms with E-state index in [1.165, 1.54) is 12.1 Å². The van der Waals surface area contributed by atoms with Gasteiger partial charge >= 0.3 is 0 Å². The van der Waals surface area contributed by atoms with E-state index < -0.39 is 4.92 Å². The maximum Gasteiger partial charge on any atom is 0.269 e. The number of carbonyl (C=O) groups is 1. The molecular weight excluding hydrogens is 485 g/mol. The van der Waals surface area contributed by atoms with Crippen LogP contribution in [0.3, 0.4) is 0 Å². The molecule has 8 nitrogen and oxygen atoms in total. The molecule has 9 heteroatoms. The number of aliphatic imine (C=N–C) groups is 1. The Labute approximate surface area is 186 Å². The number of guanidine groups is 1. The summed E-state index contributed by atoms with van der Waals surface area (Å²) >= 11 is 0. The lowest BCUT2D eigenvalue weighted by Gasteiger charge is -2.19. The van der Waals surface area contributed by atoms with Crippen LogP contribution in [-0.2, 0) is 11.3 Å². The summed E-state index contributed by atoms with van der Waals surface area (Å²) in [5.41, 5.74) is 1.82. The molecule has 1 saturated heterocycles. The third kappa shape index (κ3) is 6.14. The number of non-ortho nitro benzene ring substituents is 1. The minimum absolute atomic E-state index is 0. The molecule has 154 valence electrons. The Bertz CT molecular complexity index is 858. The van der Waals surface area contributed by atoms with Crippen LogP contribution in [-0.4, -0.2) is 35.9 Å². The molecule has 1 aliphatic heterocycles. The number of halogens is 1. The van der Waals surface area contributed by atoms with Crippen LogP contribution in [0.2, 0.25) is 0 Å². The van der Waals surface area contributed by atoms with E-state index in [1.54, 1.807) is 17.0 Å². The molecule has 0 aromatic heterocycles. The first-order valence-corrected chi connectivity index (χ1v) is 9.20. The van der Waals surface area contributed by atoms with Crippen LogP contribution in [0.5, 0.6) is 0 Å². The molecule has 0 spiro atoms. The van der Waals surface area contributed by atoms with E-state index in [4.69, 9.17) is 0 Å². The topological polar surface area (TPSA) is 99.9 Å². The van der Waals surface area contributed by atoms with E-state index in [0.717, 1.165) is 11.3 Å². The summed E-state index contributed by atoms with van der Waals surface area (Å²) in [6.45, 7) is 3.62. The second-order valence-corrected chi connectivity index (χ2v) is 6.50. The van der Waals surface area contributed by atoms with Crippen LogP contribution in [0.25, 0.3) is 0 Å². The van der Waals surface area contributed by atoms with Gasteiger partial charge in [-0.25, -0.2) is 4.99 Å². The second-order valence-electron chi connectivity index (χ2n) is 6.50. The van der Waals surface area contributed by atoms with Crippen molar-refractivity contribution in [2.45, 2.75) is 25.9 Å². The number of nitrogens with zero attached hydrogens (tertiary/aromatic N) is 3. The minimum Gasteiger partial charge on any atom is -0.357 e. The molecule has 1 heterocycles. The molecule has 0 aliphatic carbocycles. The Hall–Kier alpha value is -2.69. The quantitative estimate of drug-likeness (QED) is 0.205. The Morgan fingerprint density at radius 2 is 1.90 bits per heavy atom. The van der Waals surface area contributed by atoms with Gasteiger partial charge in [0.1, 0.15) is 0 Å². The number of anilines is 1. The van der Waals surface area contributed by atoms with Crippen molar-refractivity contribution in [1.29, 1.82) is 0 Å². The SMILES string of the molecule is CCNC(=NCc1ccc([N+](=O)[O-])cc1)NC1CC(=O)N(c2ccccc2)C1.I. The van der Waals surface area contributed by atoms with Crippen LogP contribution < -0.4 is 15.5 Å². The highest BCUT2D eigenvalue weighted by Gasteiger charge is 2.31. The number of nitro benzene ring substituents is 1. The average molecular weight is 509 g/mol. The molecule has 0 saturated carbocycles. The van der Waals surface area contributed by atoms with Crippen molar-refractivity contribution >= 4 is 47.2 Å². The lowest BCUT2D eigenvalue weighted by Crippen LogP contribution is -2.44. The summed E-state index contributed by atoms with van der Waals surface area (Å²) in [5.74, 6) is 0.698. The van der Waals surface area contributed by atoms with Crippen LogP contribution in [0.1, 0.15) is 18.9 Å². The minimum atomic E-state index is -0.422. The van der Waals surface area contributed by atoms with Crippen molar-refractivity contribution in [2.75, 3.05) is 18.0 Å². The predicted octanol–water partition coefficient (Wildman–Crippen LogP) is 3.07. The van der Waals surface area contributed by atoms with Gasteiger partial charge in [-0.15, -0.1) is 24.0 Å². The second kappa shape index (κ2) is 10.7. The number of nitro groups is 1. The molecule has 3 rings (SSSR count). The van der Waals surface area contributed by atoms with E-state index in [1.807, 2.05) is 37.3 Å². The largest absolute Gasteiger partial charge is 0.357 e. The highest BCUT2D eigenvalue weighted by Crippen LogP contribution is 2.21. The Morgan fingerprint density at radius 3 is 2.52 bits per heavy atom. The number of nitrogens with one attached hydrogen (secondary N) is 2. The van der Waals surface area contributed by atoms with Crippen LogP contribution >= 0.6 is 24.0 Å². The van der Waals surface area contributed by atoms with E-state index in [9.17, 15) is 14.9 Å². The normalized spacial score (nSPS) is 16.3. The molecule has 1 fully saturated rings. The highest BCUT2D eigenvalue weighted by atomic mass is 127. The van der Waals surface area contributed by atoms with E-state index in [2.05, 4.69) is 15.6 Å². The fourth-order valence-corrected chi connectivity index (χ4v) is 3.07. The molecule has 1 amide bonds. The first-order chi connectivity index (χ1) is 13.6. The molecular formula is C20H24IN5O3. The zero-order valence-electron chi connectivity index (χ0n) is 16.1. The van der Waals surface area contributed by atoms with Crippen molar-refractivity contribution in [3.8, 4) is 0 Å². The number of rotatable bonds is 6. The third-order valence-electron chi connectivity index (χ3n) is 4.44. The van der Waals surface area contributed by atoms with Gasteiger partial charge in [0.25, 0.3) is 5.69 Å². The zero-order valence-corrected chi connectivity index (χ0v) is 18.4. The molecule has 0 radical (unpaired) electrons. The summed E-state index contributed by atoms with van der Waals surface area (Å²) in [5, 5.41) is 17.2. The summed E-state index contributed by atoms with van der Waals surface area (Å²) in [6.07, 6.45) is 0.400. The molecule has 2 aromatic rings. The van der Waals surface area contributed by atoms with Crippen LogP contribution in [0.4, 0.5) is 11.4 Å². The van der Waals surface area contributed by atoms with Gasteiger partial charge in [0.15, 0.2) is 5.96 Å². The molecule has 1 aliphatic rings. The summed E-state index contributed by atoms with van der Waals surface area (Å²) in [7, 11) is 0. The maximum absolute atomic E-state index is 12.4. The van der Waals surface area contributed by atoms with Crippen molar-refractivity contribution in [1.82, 2.24) is 10.6 Å². The monoisotopic (exact) mass is 509 g/mol. The Kier molecular flexibility index (Phi) is 8.37. The lowest BCUT2D eigenvalue weighted by molar-refractivity contribution is -0.384. The van der Waals surface area contributed by atoms with Gasteiger partial charge in [-0.05, 0) is 24.6 Å². The number of para-hydroxylation sites is 1. The molecule has 2 aromatic carbocycles. The van der Waals surface area contributed by atoms with Gasteiger partial charge in [0, 0.05) is 37.3 Å². The summed E-state index contributed by atoms with van der Waals surface area (Å²) in [6, 6.07) is 15.9. The van der Waals surface area contributed by atoms with Gasteiger partial charge in [0.2, 0.25) is 5.91 Å². The third-order valence-corrected chi connectivity index (χ3v) is 4.44. The highest BCUT2D eigenvalue weighted by molar-refractivity contribution is 14.0. The molecule has 1 atom stereocenters. The number of benzene rings is 2. The van der Waals surface area contributed by atoms with Crippen molar-refractivity contribution in [3.05, 3.63) is 70.3 Å². The first-order valence-electron chi connectivity index (χ1n) is 9.20. The Morgan fingerprint density at radius 1 is 1.21 bits per heavy atom. The van der Waals surface area contributed by atoms with Crippen molar-refractivity contribution in [2.24, 2.45) is 4.99 Å². The van der Waals surface area contributed by atoms with Gasteiger partial charge in [-0.1, -0.05) is 30.3 Å². The van der Waals surface area contributed by atoms with E-state index >= 15 is 0 Å². The smallest absolute Gasteiger partial charge is 0.269 e. The van der Waals surface area contributed by atoms with Crippen LogP contribution in [0, 0.1) is 10.1 Å². The lowest BCUT2D eigenvalue weighted by atomic mass is 10.2. The van der Waals surface area contributed by atoms with Gasteiger partial charge < -0.3 is 15.5 Å². The standard InChI is InChI=1S/C20H23N5O3.HI/c1-2-21-20(22-13-15-8-10-18(11-9-15)25(27)28)23-16-12-19(26)24(14-16)17-6-4-3-5-7-17;/h3-11,16H,2,12-14H2,1H3,(H2,21,22,23);1H. The van der Waals surface area contributed by atoms with Gasteiger partial charge in [-0.3, -0.25) is 14.9 Å². The predicted molar refractivity (Wildman–Crippen MR) is 124 cm³/mol. The number of carbonyl (C=O) groups excluding carboxylic acids is 1. The van der Waals surface area contributed by atoms with Crippen molar-refractivity contribution < 1.29 is 9.72 Å². The molecule has 1 unspecified atom stereocenters. The Balaban J connectivity index is 0.00000300. The van der Waals surface area contributed by atoms with Gasteiger partial charge in [0.05, 0.1) is 17.5 Å². The summed E-state index contributed by atoms with van der Waals surface area (Å²) in [4.78, 5) is 29.0. The molecule has 0 bridgehead atoms. The van der Waals surface area contributed by atoms with Crippen LogP contribution in [0.15, 0.2) is 59.6 Å². The zero-order chi connectivity index (χ0) is 19.9. The fraction of sp³-hybridized carbons (Fsp3) is 0.300. The number of hydrogen-bond acceptors (Lipinski definition) is 4. The number of hydrogen-bond donors (Lipinski definition) is 2. The maximum atomic E-state index is 12.4. The average Bonchev–Trinajstić information content (AvgIpc) is 3.07.